The second kappa shape index (κ2) is 13.1. The van der Waals surface area contributed by atoms with E-state index in [1.807, 2.05) is 100 Å². The summed E-state index contributed by atoms with van der Waals surface area (Å²) in [4.78, 5) is 14.5. The number of para-hydroxylation sites is 2. The lowest BCUT2D eigenvalue weighted by molar-refractivity contribution is -0.126. The van der Waals surface area contributed by atoms with E-state index in [4.69, 9.17) is 39.9 Å². The molecule has 0 bridgehead atoms. The van der Waals surface area contributed by atoms with Crippen molar-refractivity contribution < 1.29 is 4.79 Å². The van der Waals surface area contributed by atoms with Gasteiger partial charge in [-0.05, 0) is 79.4 Å². The monoisotopic (exact) mass is 712 g/mol. The molecule has 6 aromatic rings. The largest absolute Gasteiger partial charge is 0.282 e. The van der Waals surface area contributed by atoms with Gasteiger partial charge in [0.05, 0.1) is 40.4 Å². The van der Waals surface area contributed by atoms with Crippen molar-refractivity contribution in [3.05, 3.63) is 112 Å². The molecule has 1 fully saturated rings. The summed E-state index contributed by atoms with van der Waals surface area (Å²) in [6.45, 7) is 2.50. The van der Waals surface area contributed by atoms with Gasteiger partial charge in [-0.2, -0.15) is 10.1 Å². The number of nitrogens with zero attached hydrogens (tertiary/aromatic N) is 9. The minimum atomic E-state index is -0.328. The third kappa shape index (κ3) is 5.90. The van der Waals surface area contributed by atoms with Crippen LogP contribution in [0.15, 0.2) is 96.1 Å². The molecule has 4 atom stereocenters. The van der Waals surface area contributed by atoms with Crippen molar-refractivity contribution in [3.63, 3.8) is 0 Å². The summed E-state index contributed by atoms with van der Waals surface area (Å²) in [5.74, 6) is -0.634. The SMILES string of the molecule is C[C@H]1C(C(=O)NN2C(Cn3nnc4ccccc43)CCCC2n2nnc3ccccc32)=NN(c2ccc(Cl)cc2Cl)[C@H]1c1ccc(Cl)cc1. The van der Waals surface area contributed by atoms with Gasteiger partial charge in [-0.25, -0.2) is 9.36 Å². The summed E-state index contributed by atoms with van der Waals surface area (Å²) in [5.41, 5.74) is 8.65. The molecule has 2 aliphatic heterocycles. The van der Waals surface area contributed by atoms with E-state index in [-0.39, 0.29) is 30.1 Å². The number of carbonyl (C=O) groups excluding carboxylic acids is 1. The predicted molar refractivity (Wildman–Crippen MR) is 191 cm³/mol. The zero-order chi connectivity index (χ0) is 33.6. The molecule has 1 saturated heterocycles. The number of hydrazone groups is 1. The number of fused-ring (bicyclic) bond motifs is 2. The highest BCUT2D eigenvalue weighted by atomic mass is 35.5. The number of hydrogen-bond acceptors (Lipinski definition) is 8. The maximum atomic E-state index is 14.5. The zero-order valence-electron chi connectivity index (χ0n) is 26.4. The molecule has 0 spiro atoms. The van der Waals surface area contributed by atoms with Gasteiger partial charge in [0.15, 0.2) is 0 Å². The van der Waals surface area contributed by atoms with Gasteiger partial charge >= 0.3 is 0 Å². The number of piperidine rings is 1. The van der Waals surface area contributed by atoms with Crippen LogP contribution < -0.4 is 10.4 Å². The van der Waals surface area contributed by atoms with Crippen molar-refractivity contribution in [3.8, 4) is 0 Å². The van der Waals surface area contributed by atoms with Crippen LogP contribution in [-0.2, 0) is 11.3 Å². The number of hydrazine groups is 1. The second-order valence-corrected chi connectivity index (χ2v) is 13.7. The molecule has 2 aliphatic rings. The maximum absolute atomic E-state index is 14.5. The molecule has 8 rings (SSSR count). The summed E-state index contributed by atoms with van der Waals surface area (Å²) >= 11 is 19.2. The Kier molecular flexibility index (Phi) is 8.44. The highest BCUT2D eigenvalue weighted by Crippen LogP contribution is 2.43. The first-order valence-electron chi connectivity index (χ1n) is 16.1. The van der Waals surface area contributed by atoms with E-state index in [0.717, 1.165) is 46.9 Å². The summed E-state index contributed by atoms with van der Waals surface area (Å²) in [7, 11) is 0. The van der Waals surface area contributed by atoms with Crippen LogP contribution in [0.2, 0.25) is 15.1 Å². The van der Waals surface area contributed by atoms with Crippen LogP contribution in [-0.4, -0.2) is 52.7 Å². The third-order valence-electron chi connectivity index (χ3n) is 9.39. The summed E-state index contributed by atoms with van der Waals surface area (Å²) in [5, 5.41) is 28.1. The van der Waals surface area contributed by atoms with Crippen LogP contribution in [0.1, 0.15) is 44.0 Å². The Bertz CT molecular complexity index is 2200. The number of benzene rings is 4. The topological polar surface area (TPSA) is 109 Å². The molecule has 0 radical (unpaired) electrons. The first kappa shape index (κ1) is 31.7. The Morgan fingerprint density at radius 3 is 2.31 bits per heavy atom. The lowest BCUT2D eigenvalue weighted by Crippen LogP contribution is -2.57. The van der Waals surface area contributed by atoms with Crippen LogP contribution in [0.5, 0.6) is 0 Å². The molecule has 14 heteroatoms. The van der Waals surface area contributed by atoms with Crippen molar-refractivity contribution in [2.45, 2.75) is 51.0 Å². The van der Waals surface area contributed by atoms with Crippen LogP contribution in [0.4, 0.5) is 5.69 Å². The molecule has 1 N–H and O–H groups in total. The van der Waals surface area contributed by atoms with Gasteiger partial charge in [0.25, 0.3) is 5.91 Å². The van der Waals surface area contributed by atoms with Crippen molar-refractivity contribution in [2.24, 2.45) is 11.0 Å². The van der Waals surface area contributed by atoms with Gasteiger partial charge in [0.1, 0.15) is 22.9 Å². The average Bonchev–Trinajstić information content (AvgIpc) is 3.81. The van der Waals surface area contributed by atoms with E-state index in [2.05, 4.69) is 26.0 Å². The zero-order valence-corrected chi connectivity index (χ0v) is 28.6. The summed E-state index contributed by atoms with van der Waals surface area (Å²) in [6, 6.07) is 28.1. The third-order valence-corrected chi connectivity index (χ3v) is 10.2. The molecule has 49 heavy (non-hydrogen) atoms. The lowest BCUT2D eigenvalue weighted by Gasteiger charge is -2.41. The Balaban J connectivity index is 1.17. The van der Waals surface area contributed by atoms with Crippen LogP contribution in [0.3, 0.4) is 0 Å². The van der Waals surface area contributed by atoms with Gasteiger partial charge in [0.2, 0.25) is 0 Å². The molecular weight excluding hydrogens is 683 g/mol. The standard InChI is InChI=1S/C35H31Cl3N10O/c1-21-33(41-48(29-18-17-24(37)19-26(29)38)34(21)22-13-15-23(36)16-14-22)35(49)42-46-25(20-45-30-10-4-2-8-27(30)39-43-45)7-6-12-32(46)47-31-11-5-3-9-28(31)40-44-47/h2-5,8-11,13-19,21,25,32,34H,6-7,12,20H2,1H3,(H,42,49)/t21-,25?,32?,34+/m0/s1. The van der Waals surface area contributed by atoms with Crippen molar-refractivity contribution in [1.82, 2.24) is 40.4 Å². The van der Waals surface area contributed by atoms with E-state index in [9.17, 15) is 4.79 Å². The highest BCUT2D eigenvalue weighted by molar-refractivity contribution is 6.41. The van der Waals surface area contributed by atoms with Crippen molar-refractivity contribution in [2.75, 3.05) is 5.01 Å². The first-order valence-corrected chi connectivity index (χ1v) is 17.2. The number of carbonyl (C=O) groups is 1. The van der Waals surface area contributed by atoms with E-state index >= 15 is 0 Å². The van der Waals surface area contributed by atoms with Crippen LogP contribution in [0.25, 0.3) is 22.1 Å². The number of anilines is 1. The van der Waals surface area contributed by atoms with Gasteiger partial charge in [-0.15, -0.1) is 10.2 Å². The number of rotatable bonds is 7. The number of aromatic nitrogens is 6. The van der Waals surface area contributed by atoms with E-state index in [0.29, 0.717) is 33.0 Å². The van der Waals surface area contributed by atoms with Gasteiger partial charge in [-0.3, -0.25) is 15.2 Å². The fourth-order valence-electron chi connectivity index (χ4n) is 7.02. The van der Waals surface area contributed by atoms with E-state index in [1.54, 1.807) is 17.1 Å². The number of halogens is 3. The predicted octanol–water partition coefficient (Wildman–Crippen LogP) is 7.47. The Hall–Kier alpha value is -4.55. The normalized spacial score (nSPS) is 21.4. The van der Waals surface area contributed by atoms with Gasteiger partial charge in [0, 0.05) is 16.0 Å². The minimum absolute atomic E-state index is 0.137. The summed E-state index contributed by atoms with van der Waals surface area (Å²) in [6.07, 6.45) is 2.18. The Labute approximate surface area is 297 Å². The fourth-order valence-corrected chi connectivity index (χ4v) is 7.64. The molecular formula is C35H31Cl3N10O. The smallest absolute Gasteiger partial charge is 0.281 e. The van der Waals surface area contributed by atoms with Crippen LogP contribution >= 0.6 is 34.8 Å². The van der Waals surface area contributed by atoms with E-state index < -0.39 is 0 Å². The molecule has 0 aliphatic carbocycles. The highest BCUT2D eigenvalue weighted by Gasteiger charge is 2.42. The van der Waals surface area contributed by atoms with Gasteiger partial charge < -0.3 is 0 Å². The molecule has 1 amide bonds. The molecule has 2 unspecified atom stereocenters. The van der Waals surface area contributed by atoms with Crippen molar-refractivity contribution in [1.29, 1.82) is 0 Å². The quantitative estimate of drug-likeness (QED) is 0.183. The molecule has 248 valence electrons. The molecule has 2 aromatic heterocycles. The number of amides is 1. The van der Waals surface area contributed by atoms with Crippen molar-refractivity contribution >= 4 is 74.2 Å². The number of hydrogen-bond donors (Lipinski definition) is 1. The second-order valence-electron chi connectivity index (χ2n) is 12.4. The van der Waals surface area contributed by atoms with E-state index in [1.165, 1.54) is 0 Å². The van der Waals surface area contributed by atoms with Gasteiger partial charge in [-0.1, -0.05) is 88.6 Å². The first-order chi connectivity index (χ1) is 23.9. The van der Waals surface area contributed by atoms with Crippen LogP contribution in [0, 0.1) is 5.92 Å². The minimum Gasteiger partial charge on any atom is -0.281 e. The Morgan fingerprint density at radius 1 is 0.837 bits per heavy atom. The number of nitrogens with one attached hydrogen (secondary N) is 1. The molecule has 4 aromatic carbocycles. The molecule has 4 heterocycles. The molecule has 0 saturated carbocycles. The lowest BCUT2D eigenvalue weighted by atomic mass is 9.91. The summed E-state index contributed by atoms with van der Waals surface area (Å²) < 4.78 is 3.80. The Morgan fingerprint density at radius 2 is 1.53 bits per heavy atom. The fraction of sp³-hybridized carbons (Fsp3) is 0.257. The maximum Gasteiger partial charge on any atom is 0.282 e. The average molecular weight is 714 g/mol. The molecule has 11 nitrogen and oxygen atoms in total.